The number of aromatic amines is 1. The molecule has 0 radical (unpaired) electrons. The fourth-order valence-corrected chi connectivity index (χ4v) is 3.41. The van der Waals surface area contributed by atoms with Crippen LogP contribution in [0.3, 0.4) is 0 Å². The average molecular weight is 348 g/mol. The molecule has 0 bridgehead atoms. The second-order valence-electron chi connectivity index (χ2n) is 5.06. The Morgan fingerprint density at radius 3 is 2.71 bits per heavy atom. The van der Waals surface area contributed by atoms with E-state index in [-0.39, 0.29) is 21.7 Å². The van der Waals surface area contributed by atoms with Crippen molar-refractivity contribution in [2.45, 2.75) is 11.8 Å². The van der Waals surface area contributed by atoms with E-state index in [2.05, 4.69) is 9.71 Å². The van der Waals surface area contributed by atoms with Crippen LogP contribution in [0.4, 0.5) is 5.69 Å². The molecule has 0 aliphatic heterocycles. The van der Waals surface area contributed by atoms with Crippen LogP contribution in [0.2, 0.25) is 0 Å². The summed E-state index contributed by atoms with van der Waals surface area (Å²) in [5.41, 5.74) is 0.942. The van der Waals surface area contributed by atoms with Crippen molar-refractivity contribution in [3.63, 3.8) is 0 Å². The fraction of sp³-hybridized carbons (Fsp3) is 0.0667. The Balaban J connectivity index is 2.03. The van der Waals surface area contributed by atoms with Gasteiger partial charge in [0.05, 0.1) is 21.7 Å². The lowest BCUT2D eigenvalue weighted by molar-refractivity contribution is 0.0696. The first-order chi connectivity index (χ1) is 11.3. The molecule has 24 heavy (non-hydrogen) atoms. The molecule has 9 heteroatoms. The monoisotopic (exact) mass is 348 g/mol. The topological polar surface area (TPSA) is 129 Å². The minimum absolute atomic E-state index is 0.00211. The largest absolute Gasteiger partial charge is 0.478 e. The molecule has 0 amide bonds. The van der Waals surface area contributed by atoms with E-state index in [9.17, 15) is 18.0 Å². The van der Waals surface area contributed by atoms with Gasteiger partial charge in [-0.1, -0.05) is 6.07 Å². The zero-order valence-electron chi connectivity index (χ0n) is 12.4. The van der Waals surface area contributed by atoms with Gasteiger partial charge in [0, 0.05) is 6.07 Å². The number of hydrogen-bond acceptors (Lipinski definition) is 5. The number of carboxylic acid groups (broad SMARTS) is 1. The number of carbonyl (C=O) groups is 1. The Morgan fingerprint density at radius 2 is 2.00 bits per heavy atom. The number of sulfonamides is 1. The third-order valence-corrected chi connectivity index (χ3v) is 4.87. The zero-order chi connectivity index (χ0) is 17.5. The first-order valence-corrected chi connectivity index (χ1v) is 8.25. The van der Waals surface area contributed by atoms with Crippen molar-refractivity contribution in [3.8, 4) is 0 Å². The number of fused-ring (bicyclic) bond motifs is 1. The molecule has 0 aliphatic carbocycles. The van der Waals surface area contributed by atoms with Crippen molar-refractivity contribution in [3.05, 3.63) is 58.1 Å². The van der Waals surface area contributed by atoms with E-state index < -0.39 is 21.7 Å². The molecule has 0 aliphatic rings. The number of anilines is 1. The van der Waals surface area contributed by atoms with Gasteiger partial charge in [-0.05, 0) is 36.8 Å². The summed E-state index contributed by atoms with van der Waals surface area (Å²) in [5.74, 6) is -1.83. The van der Waals surface area contributed by atoms with E-state index in [4.69, 9.17) is 9.52 Å². The van der Waals surface area contributed by atoms with Gasteiger partial charge in [-0.3, -0.25) is 9.71 Å². The summed E-state index contributed by atoms with van der Waals surface area (Å²) in [7, 11) is -3.98. The highest BCUT2D eigenvalue weighted by Gasteiger charge is 2.19. The number of hydrogen-bond donors (Lipinski definition) is 3. The van der Waals surface area contributed by atoms with E-state index in [1.165, 1.54) is 43.3 Å². The van der Waals surface area contributed by atoms with Crippen LogP contribution in [0.15, 0.2) is 50.5 Å². The summed E-state index contributed by atoms with van der Waals surface area (Å²) >= 11 is 0. The lowest BCUT2D eigenvalue weighted by Gasteiger charge is -2.12. The summed E-state index contributed by atoms with van der Waals surface area (Å²) < 4.78 is 32.2. The molecule has 8 nitrogen and oxygen atoms in total. The Morgan fingerprint density at radius 1 is 1.25 bits per heavy atom. The standard InChI is InChI=1S/C15H12N2O6S/c1-8-10(14(18)19)3-2-4-11(8)17-24(21,22)9-5-6-12-13(7-9)23-15(20)16-12/h2-7,17H,1H3,(H,16,20)(H,18,19). The highest BCUT2D eigenvalue weighted by atomic mass is 32.2. The van der Waals surface area contributed by atoms with Crippen LogP contribution in [0, 0.1) is 6.92 Å². The van der Waals surface area contributed by atoms with Gasteiger partial charge < -0.3 is 9.52 Å². The molecule has 3 rings (SSSR count). The van der Waals surface area contributed by atoms with E-state index >= 15 is 0 Å². The van der Waals surface area contributed by atoms with Gasteiger partial charge >= 0.3 is 11.7 Å². The molecule has 124 valence electrons. The van der Waals surface area contributed by atoms with Gasteiger partial charge in [-0.25, -0.2) is 18.0 Å². The van der Waals surface area contributed by atoms with E-state index in [1.807, 2.05) is 0 Å². The molecule has 1 aromatic heterocycles. The highest BCUT2D eigenvalue weighted by molar-refractivity contribution is 7.92. The first-order valence-electron chi connectivity index (χ1n) is 6.76. The zero-order valence-corrected chi connectivity index (χ0v) is 13.2. The molecular formula is C15H12N2O6S. The second-order valence-corrected chi connectivity index (χ2v) is 6.74. The molecule has 2 aromatic carbocycles. The number of rotatable bonds is 4. The normalized spacial score (nSPS) is 11.5. The maximum Gasteiger partial charge on any atom is 0.417 e. The molecule has 0 unspecified atom stereocenters. The Kier molecular flexibility index (Phi) is 3.64. The summed E-state index contributed by atoms with van der Waals surface area (Å²) in [6, 6.07) is 8.24. The Labute approximate surface area is 135 Å². The maximum absolute atomic E-state index is 12.5. The van der Waals surface area contributed by atoms with Crippen molar-refractivity contribution < 1.29 is 22.7 Å². The Bertz CT molecular complexity index is 1110. The summed E-state index contributed by atoms with van der Waals surface area (Å²) in [6.07, 6.45) is 0. The molecule has 0 spiro atoms. The smallest absolute Gasteiger partial charge is 0.417 e. The third kappa shape index (κ3) is 2.76. The molecule has 3 aromatic rings. The van der Waals surface area contributed by atoms with Crippen LogP contribution in [0.5, 0.6) is 0 Å². The Hall–Kier alpha value is -3.07. The maximum atomic E-state index is 12.5. The molecule has 0 saturated carbocycles. The van der Waals surface area contributed by atoms with Gasteiger partial charge in [-0.2, -0.15) is 0 Å². The number of oxazole rings is 1. The van der Waals surface area contributed by atoms with Crippen molar-refractivity contribution >= 4 is 32.8 Å². The van der Waals surface area contributed by atoms with E-state index in [1.54, 1.807) is 0 Å². The summed E-state index contributed by atoms with van der Waals surface area (Å²) in [6.45, 7) is 1.51. The van der Waals surface area contributed by atoms with Crippen LogP contribution in [0.1, 0.15) is 15.9 Å². The van der Waals surface area contributed by atoms with Crippen molar-refractivity contribution in [1.82, 2.24) is 4.98 Å². The van der Waals surface area contributed by atoms with Crippen LogP contribution >= 0.6 is 0 Å². The quantitative estimate of drug-likeness (QED) is 0.660. The number of aromatic nitrogens is 1. The summed E-state index contributed by atoms with van der Waals surface area (Å²) in [4.78, 5) is 24.6. The number of carboxylic acids is 1. The van der Waals surface area contributed by atoms with Crippen LogP contribution < -0.4 is 10.5 Å². The predicted molar refractivity (Wildman–Crippen MR) is 85.8 cm³/mol. The molecule has 0 saturated heterocycles. The van der Waals surface area contributed by atoms with Gasteiger partial charge in [0.2, 0.25) is 0 Å². The number of H-pyrrole nitrogens is 1. The SMILES string of the molecule is Cc1c(NS(=O)(=O)c2ccc3[nH]c(=O)oc3c2)cccc1C(=O)O. The third-order valence-electron chi connectivity index (χ3n) is 3.51. The van der Waals surface area contributed by atoms with Crippen LogP contribution in [-0.4, -0.2) is 24.5 Å². The summed E-state index contributed by atoms with van der Waals surface area (Å²) in [5, 5.41) is 9.10. The minimum atomic E-state index is -3.98. The predicted octanol–water partition coefficient (Wildman–Crippen LogP) is 1.93. The molecule has 0 fully saturated rings. The molecule has 1 heterocycles. The highest BCUT2D eigenvalue weighted by Crippen LogP contribution is 2.24. The van der Waals surface area contributed by atoms with Crippen molar-refractivity contribution in [2.75, 3.05) is 4.72 Å². The van der Waals surface area contributed by atoms with Crippen LogP contribution in [-0.2, 0) is 10.0 Å². The average Bonchev–Trinajstić information content (AvgIpc) is 2.88. The second kappa shape index (κ2) is 5.53. The van der Waals surface area contributed by atoms with E-state index in [0.717, 1.165) is 0 Å². The lowest BCUT2D eigenvalue weighted by atomic mass is 10.1. The number of nitrogens with one attached hydrogen (secondary N) is 2. The van der Waals surface area contributed by atoms with Crippen molar-refractivity contribution in [1.29, 1.82) is 0 Å². The fourth-order valence-electron chi connectivity index (χ4n) is 2.27. The minimum Gasteiger partial charge on any atom is -0.478 e. The van der Waals surface area contributed by atoms with Gasteiger partial charge in [0.15, 0.2) is 5.58 Å². The van der Waals surface area contributed by atoms with Crippen LogP contribution in [0.25, 0.3) is 11.1 Å². The lowest BCUT2D eigenvalue weighted by Crippen LogP contribution is -2.14. The van der Waals surface area contributed by atoms with Crippen molar-refractivity contribution in [2.24, 2.45) is 0 Å². The first kappa shape index (κ1) is 15.8. The number of benzene rings is 2. The molecular weight excluding hydrogens is 336 g/mol. The molecule has 0 atom stereocenters. The van der Waals surface area contributed by atoms with E-state index in [0.29, 0.717) is 11.1 Å². The van der Waals surface area contributed by atoms with Gasteiger partial charge in [0.25, 0.3) is 10.0 Å². The van der Waals surface area contributed by atoms with Gasteiger partial charge in [0.1, 0.15) is 0 Å². The number of aromatic carboxylic acids is 1. The molecule has 3 N–H and O–H groups in total. The van der Waals surface area contributed by atoms with Gasteiger partial charge in [-0.15, -0.1) is 0 Å².